The largest absolute Gasteiger partial charge is 0.480 e. The number of carboxylic acid groups (broad SMARTS) is 1. The summed E-state index contributed by atoms with van der Waals surface area (Å²) in [6.07, 6.45) is 3.10. The summed E-state index contributed by atoms with van der Waals surface area (Å²) in [5, 5.41) is 18.4. The number of H-pyrrole nitrogens is 1. The monoisotopic (exact) mass is 533 g/mol. The third kappa shape index (κ3) is 7.96. The zero-order chi connectivity index (χ0) is 27.7. The molecule has 0 radical (unpaired) electrons. The lowest BCUT2D eigenvalue weighted by atomic mass is 9.98. The van der Waals surface area contributed by atoms with E-state index in [0.717, 1.165) is 16.5 Å². The number of thiol groups is 1. The smallest absolute Gasteiger partial charge is 0.326 e. The van der Waals surface area contributed by atoms with Crippen LogP contribution in [0.5, 0.6) is 0 Å². The molecule has 0 fully saturated rings. The van der Waals surface area contributed by atoms with Crippen LogP contribution >= 0.6 is 12.6 Å². The van der Waals surface area contributed by atoms with E-state index < -0.39 is 47.9 Å². The fourth-order valence-electron chi connectivity index (χ4n) is 3.91. The van der Waals surface area contributed by atoms with Crippen LogP contribution in [0.1, 0.15) is 46.1 Å². The number of nitrogens with two attached hydrogens (primary N) is 1. The Morgan fingerprint density at radius 2 is 1.54 bits per heavy atom. The lowest BCUT2D eigenvalue weighted by Crippen LogP contribution is -2.59. The summed E-state index contributed by atoms with van der Waals surface area (Å²) in [5.74, 6) is -3.31. The van der Waals surface area contributed by atoms with Crippen molar-refractivity contribution in [1.29, 1.82) is 0 Å². The van der Waals surface area contributed by atoms with Crippen molar-refractivity contribution < 1.29 is 24.3 Å². The number of para-hydroxylation sites is 1. The second kappa shape index (κ2) is 14.0. The first-order valence-corrected chi connectivity index (χ1v) is 13.2. The van der Waals surface area contributed by atoms with Crippen molar-refractivity contribution in [3.63, 3.8) is 0 Å². The van der Waals surface area contributed by atoms with Crippen LogP contribution in [0, 0.1) is 11.8 Å². The van der Waals surface area contributed by atoms with E-state index in [4.69, 9.17) is 5.73 Å². The van der Waals surface area contributed by atoms with E-state index >= 15 is 0 Å². The van der Waals surface area contributed by atoms with Gasteiger partial charge in [-0.2, -0.15) is 12.6 Å². The summed E-state index contributed by atoms with van der Waals surface area (Å²) in [6.45, 7) is 7.33. The first-order chi connectivity index (χ1) is 17.5. The van der Waals surface area contributed by atoms with Crippen LogP contribution in [-0.4, -0.2) is 63.7 Å². The minimum atomic E-state index is -1.15. The number of benzene rings is 1. The number of hydrogen-bond acceptors (Lipinski definition) is 6. The molecular weight excluding hydrogens is 494 g/mol. The Bertz CT molecular complexity index is 1090. The third-order valence-corrected chi connectivity index (χ3v) is 7.25. The first-order valence-electron chi connectivity index (χ1n) is 12.6. The van der Waals surface area contributed by atoms with Gasteiger partial charge in [0.2, 0.25) is 17.7 Å². The second-order valence-electron chi connectivity index (χ2n) is 9.49. The molecule has 0 saturated carbocycles. The van der Waals surface area contributed by atoms with Gasteiger partial charge in [0.15, 0.2) is 0 Å². The maximum Gasteiger partial charge on any atom is 0.326 e. The Morgan fingerprint density at radius 3 is 2.14 bits per heavy atom. The molecular formula is C26H39N5O5S. The van der Waals surface area contributed by atoms with E-state index in [0.29, 0.717) is 12.8 Å². The van der Waals surface area contributed by atoms with Crippen molar-refractivity contribution in [1.82, 2.24) is 20.9 Å². The maximum atomic E-state index is 13.3. The third-order valence-electron chi connectivity index (χ3n) is 6.88. The number of fused-ring (bicyclic) bond motifs is 1. The summed E-state index contributed by atoms with van der Waals surface area (Å²) in [4.78, 5) is 54.0. The number of rotatable bonds is 14. The van der Waals surface area contributed by atoms with Crippen LogP contribution < -0.4 is 21.7 Å². The number of hydrogen-bond donors (Lipinski definition) is 7. The number of carbonyl (C=O) groups excluding carboxylic acids is 3. The number of amides is 3. The average molecular weight is 534 g/mol. The van der Waals surface area contributed by atoms with Gasteiger partial charge >= 0.3 is 5.97 Å². The van der Waals surface area contributed by atoms with Crippen LogP contribution in [0.25, 0.3) is 10.9 Å². The Kier molecular flexibility index (Phi) is 11.4. The van der Waals surface area contributed by atoms with E-state index in [1.807, 2.05) is 45.0 Å². The molecule has 0 spiro atoms. The van der Waals surface area contributed by atoms with Crippen LogP contribution in [0.2, 0.25) is 0 Å². The van der Waals surface area contributed by atoms with Gasteiger partial charge < -0.3 is 31.8 Å². The Hall–Kier alpha value is -3.05. The highest BCUT2D eigenvalue weighted by Crippen LogP contribution is 2.19. The van der Waals surface area contributed by atoms with Crippen molar-refractivity contribution >= 4 is 47.2 Å². The van der Waals surface area contributed by atoms with Gasteiger partial charge in [0, 0.05) is 29.3 Å². The molecule has 0 saturated heterocycles. The number of carbonyl (C=O) groups is 4. The second-order valence-corrected chi connectivity index (χ2v) is 9.86. The molecule has 37 heavy (non-hydrogen) atoms. The number of aromatic amines is 1. The fourth-order valence-corrected chi connectivity index (χ4v) is 4.17. The SMILES string of the molecule is CCC(C)C(N)C(=O)NC(CS)C(=O)NC(Cc1c[nH]c2ccccc12)C(=O)NC(C(=O)O)C(C)CC. The minimum Gasteiger partial charge on any atom is -0.480 e. The number of aliphatic carboxylic acids is 1. The summed E-state index contributed by atoms with van der Waals surface area (Å²) < 4.78 is 0. The maximum absolute atomic E-state index is 13.3. The summed E-state index contributed by atoms with van der Waals surface area (Å²) >= 11 is 4.21. The molecule has 11 heteroatoms. The van der Waals surface area contributed by atoms with Crippen molar-refractivity contribution in [2.24, 2.45) is 17.6 Å². The molecule has 0 aliphatic heterocycles. The highest BCUT2D eigenvalue weighted by molar-refractivity contribution is 7.80. The quantitative estimate of drug-likeness (QED) is 0.182. The molecule has 10 nitrogen and oxygen atoms in total. The molecule has 1 aromatic carbocycles. The normalized spacial score (nSPS) is 16.2. The molecule has 0 aliphatic carbocycles. The predicted molar refractivity (Wildman–Crippen MR) is 146 cm³/mol. The first kappa shape index (κ1) is 30.2. The van der Waals surface area contributed by atoms with Gasteiger partial charge in [-0.3, -0.25) is 14.4 Å². The van der Waals surface area contributed by atoms with Gasteiger partial charge in [0.25, 0.3) is 0 Å². The zero-order valence-corrected chi connectivity index (χ0v) is 22.7. The highest BCUT2D eigenvalue weighted by Gasteiger charge is 2.32. The van der Waals surface area contributed by atoms with E-state index in [-0.39, 0.29) is 24.0 Å². The molecule has 1 heterocycles. The summed E-state index contributed by atoms with van der Waals surface area (Å²) in [7, 11) is 0. The van der Waals surface area contributed by atoms with Crippen LogP contribution in [0.3, 0.4) is 0 Å². The van der Waals surface area contributed by atoms with Gasteiger partial charge in [0.05, 0.1) is 6.04 Å². The van der Waals surface area contributed by atoms with Crippen LogP contribution in [0.15, 0.2) is 30.5 Å². The molecule has 7 N–H and O–H groups in total. The van der Waals surface area contributed by atoms with Crippen molar-refractivity contribution in [2.75, 3.05) is 5.75 Å². The van der Waals surface area contributed by atoms with E-state index in [1.165, 1.54) is 0 Å². The zero-order valence-electron chi connectivity index (χ0n) is 21.8. The molecule has 6 unspecified atom stereocenters. The molecule has 3 amide bonds. The lowest BCUT2D eigenvalue weighted by molar-refractivity contribution is -0.143. The van der Waals surface area contributed by atoms with E-state index in [2.05, 4.69) is 33.6 Å². The number of aromatic nitrogens is 1. The highest BCUT2D eigenvalue weighted by atomic mass is 32.1. The van der Waals surface area contributed by atoms with E-state index in [9.17, 15) is 24.3 Å². The molecule has 6 atom stereocenters. The van der Waals surface area contributed by atoms with E-state index in [1.54, 1.807) is 13.1 Å². The van der Waals surface area contributed by atoms with Gasteiger partial charge in [-0.05, 0) is 23.5 Å². The molecule has 204 valence electrons. The standard InChI is InChI=1S/C26H39N5O5S/c1-5-14(3)21(27)25(34)30-20(13-37)24(33)29-19(23(32)31-22(26(35)36)15(4)6-2)11-16-12-28-18-10-8-7-9-17(16)18/h7-10,12,14-15,19-22,28,37H,5-6,11,13,27H2,1-4H3,(H,29,33)(H,30,34)(H,31,32)(H,35,36). The predicted octanol–water partition coefficient (Wildman–Crippen LogP) is 1.60. The fraction of sp³-hybridized carbons (Fsp3) is 0.538. The minimum absolute atomic E-state index is 0.0170. The molecule has 2 aromatic rings. The molecule has 1 aromatic heterocycles. The van der Waals surface area contributed by atoms with Crippen molar-refractivity contribution in [3.8, 4) is 0 Å². The molecule has 2 rings (SSSR count). The van der Waals surface area contributed by atoms with Gasteiger partial charge in [-0.1, -0.05) is 58.7 Å². The van der Waals surface area contributed by atoms with Crippen LogP contribution in [-0.2, 0) is 25.6 Å². The average Bonchev–Trinajstić information content (AvgIpc) is 3.30. The molecule has 0 bridgehead atoms. The topological polar surface area (TPSA) is 166 Å². The van der Waals surface area contributed by atoms with Gasteiger partial charge in [-0.15, -0.1) is 0 Å². The Labute approximate surface area is 222 Å². The Morgan fingerprint density at radius 1 is 0.946 bits per heavy atom. The van der Waals surface area contributed by atoms with Gasteiger partial charge in [0.1, 0.15) is 18.1 Å². The van der Waals surface area contributed by atoms with Crippen LogP contribution in [0.4, 0.5) is 0 Å². The van der Waals surface area contributed by atoms with Crippen molar-refractivity contribution in [2.45, 2.75) is 71.1 Å². The summed E-state index contributed by atoms with van der Waals surface area (Å²) in [5.41, 5.74) is 7.64. The Balaban J connectivity index is 2.28. The van der Waals surface area contributed by atoms with Crippen molar-refractivity contribution in [3.05, 3.63) is 36.0 Å². The number of carboxylic acids is 1. The van der Waals surface area contributed by atoms with Gasteiger partial charge in [-0.25, -0.2) is 4.79 Å². The molecule has 0 aliphatic rings. The lowest BCUT2D eigenvalue weighted by Gasteiger charge is -2.26. The summed E-state index contributed by atoms with van der Waals surface area (Å²) in [6, 6.07) is 3.49. The number of nitrogens with one attached hydrogen (secondary N) is 4.